The van der Waals surface area contributed by atoms with Gasteiger partial charge in [-0.2, -0.15) is 13.2 Å². The van der Waals surface area contributed by atoms with Crippen LogP contribution in [-0.4, -0.2) is 20.9 Å². The molecule has 1 amide bonds. The Balaban J connectivity index is 1.74. The van der Waals surface area contributed by atoms with Crippen LogP contribution >= 0.6 is 0 Å². The minimum Gasteiger partial charge on any atom is -0.311 e. The van der Waals surface area contributed by atoms with Gasteiger partial charge in [0.15, 0.2) is 0 Å². The fourth-order valence-corrected chi connectivity index (χ4v) is 4.98. The Morgan fingerprint density at radius 3 is 2.59 bits per heavy atom. The number of benzene rings is 2. The van der Waals surface area contributed by atoms with Gasteiger partial charge in [-0.25, -0.2) is 12.8 Å². The van der Waals surface area contributed by atoms with Gasteiger partial charge >= 0.3 is 6.18 Å². The van der Waals surface area contributed by atoms with Crippen molar-refractivity contribution < 1.29 is 30.8 Å². The molecule has 0 radical (unpaired) electrons. The summed E-state index contributed by atoms with van der Waals surface area (Å²) in [6.07, 6.45) is -3.67. The quantitative estimate of drug-likeness (QED) is 0.751. The Morgan fingerprint density at radius 2 is 1.90 bits per heavy atom. The summed E-state index contributed by atoms with van der Waals surface area (Å²) in [4.78, 5) is 13.9. The van der Waals surface area contributed by atoms with Gasteiger partial charge in [-0.15, -0.1) is 0 Å². The van der Waals surface area contributed by atoms with Gasteiger partial charge in [-0.1, -0.05) is 0 Å². The lowest BCUT2D eigenvalue weighted by molar-refractivity contribution is -0.139. The Hall–Kier alpha value is -2.62. The summed E-state index contributed by atoms with van der Waals surface area (Å²) >= 11 is 0. The van der Waals surface area contributed by atoms with E-state index in [0.717, 1.165) is 11.8 Å². The molecule has 29 heavy (non-hydrogen) atoms. The van der Waals surface area contributed by atoms with E-state index < -0.39 is 39.2 Å². The maximum Gasteiger partial charge on any atom is 0.419 e. The molecule has 0 saturated heterocycles. The van der Waals surface area contributed by atoms with E-state index in [2.05, 4.69) is 4.72 Å². The van der Waals surface area contributed by atoms with E-state index in [4.69, 9.17) is 0 Å². The van der Waals surface area contributed by atoms with E-state index >= 15 is 0 Å². The number of nitrogens with zero attached hydrogens (tertiary/aromatic N) is 1. The summed E-state index contributed by atoms with van der Waals surface area (Å²) in [6.45, 7) is 2.26. The number of carbonyl (C=O) groups excluding carboxylic acids is 1. The Kier molecular flexibility index (Phi) is 4.38. The lowest BCUT2D eigenvalue weighted by atomic mass is 9.97. The first-order valence-electron chi connectivity index (χ1n) is 8.87. The van der Waals surface area contributed by atoms with E-state index in [1.165, 1.54) is 12.1 Å². The molecule has 1 atom stereocenters. The molecule has 2 aromatic carbocycles. The zero-order valence-corrected chi connectivity index (χ0v) is 16.0. The Bertz CT molecular complexity index is 1130. The molecule has 0 saturated carbocycles. The highest BCUT2D eigenvalue weighted by molar-refractivity contribution is 7.92. The molecular weight excluding hydrogens is 412 g/mol. The minimum absolute atomic E-state index is 0.100. The molecule has 4 rings (SSSR count). The first-order valence-corrected chi connectivity index (χ1v) is 10.3. The van der Waals surface area contributed by atoms with Gasteiger partial charge < -0.3 is 4.90 Å². The van der Waals surface area contributed by atoms with Crippen molar-refractivity contribution >= 4 is 27.3 Å². The van der Waals surface area contributed by atoms with Crippen LogP contribution in [0.25, 0.3) is 0 Å². The number of hydrogen-bond donors (Lipinski definition) is 1. The van der Waals surface area contributed by atoms with Crippen molar-refractivity contribution in [3.63, 3.8) is 0 Å². The fourth-order valence-electron chi connectivity index (χ4n) is 3.84. The van der Waals surface area contributed by atoms with Crippen molar-refractivity contribution in [1.82, 2.24) is 0 Å². The highest BCUT2D eigenvalue weighted by Gasteiger charge is 2.39. The van der Waals surface area contributed by atoms with E-state index in [1.807, 2.05) is 0 Å². The number of aryl methyl sites for hydroxylation is 1. The maximum absolute atomic E-state index is 13.5. The van der Waals surface area contributed by atoms with Crippen LogP contribution in [0, 0.1) is 5.82 Å². The second kappa shape index (κ2) is 6.45. The van der Waals surface area contributed by atoms with Crippen LogP contribution in [-0.2, 0) is 27.4 Å². The molecule has 2 aliphatic heterocycles. The topological polar surface area (TPSA) is 66.5 Å². The fraction of sp³-hybridized carbons (Fsp3) is 0.316. The number of rotatable bonds is 3. The molecule has 0 aliphatic carbocycles. The number of sulfonamides is 1. The van der Waals surface area contributed by atoms with Crippen molar-refractivity contribution in [2.75, 3.05) is 16.2 Å². The maximum atomic E-state index is 13.5. The van der Waals surface area contributed by atoms with Crippen LogP contribution in [0.2, 0.25) is 0 Å². The van der Waals surface area contributed by atoms with Crippen molar-refractivity contribution in [2.24, 2.45) is 0 Å². The van der Waals surface area contributed by atoms with Crippen LogP contribution in [0.15, 0.2) is 35.2 Å². The molecular formula is C19H16F4N2O3S. The third kappa shape index (κ3) is 3.25. The number of alkyl halides is 3. The highest BCUT2D eigenvalue weighted by atomic mass is 32.2. The molecule has 2 aromatic rings. The second-order valence-electron chi connectivity index (χ2n) is 7.13. The van der Waals surface area contributed by atoms with Crippen LogP contribution in [0.1, 0.15) is 36.0 Å². The highest BCUT2D eigenvalue weighted by Crippen LogP contribution is 2.44. The van der Waals surface area contributed by atoms with Gasteiger partial charge in [0.2, 0.25) is 5.91 Å². The van der Waals surface area contributed by atoms with Crippen molar-refractivity contribution in [3.05, 3.63) is 52.8 Å². The number of halogens is 4. The molecule has 0 spiro atoms. The van der Waals surface area contributed by atoms with E-state index in [1.54, 1.807) is 11.8 Å². The number of hydrogen-bond acceptors (Lipinski definition) is 3. The van der Waals surface area contributed by atoms with Gasteiger partial charge in [0.1, 0.15) is 5.82 Å². The van der Waals surface area contributed by atoms with Crippen LogP contribution in [0.4, 0.5) is 28.9 Å². The third-order valence-electron chi connectivity index (χ3n) is 5.23. The molecule has 0 aromatic heterocycles. The summed E-state index contributed by atoms with van der Waals surface area (Å²) in [6, 6.07) is 4.72. The lowest BCUT2D eigenvalue weighted by Gasteiger charge is -2.26. The minimum atomic E-state index is -4.96. The van der Waals surface area contributed by atoms with Gasteiger partial charge in [0.05, 0.1) is 22.1 Å². The summed E-state index contributed by atoms with van der Waals surface area (Å²) < 4.78 is 79.9. The number of anilines is 2. The number of nitrogens with one attached hydrogen (secondary N) is 1. The molecule has 154 valence electrons. The zero-order chi connectivity index (χ0) is 21.1. The predicted molar refractivity (Wildman–Crippen MR) is 97.7 cm³/mol. The summed E-state index contributed by atoms with van der Waals surface area (Å²) in [5.74, 6) is -2.09. The molecule has 2 aliphatic rings. The number of amides is 1. The number of carbonyl (C=O) groups is 1. The monoisotopic (exact) mass is 428 g/mol. The molecule has 0 bridgehead atoms. The normalized spacial score (nSPS) is 18.7. The van der Waals surface area contributed by atoms with Crippen LogP contribution < -0.4 is 9.62 Å². The Morgan fingerprint density at radius 1 is 1.17 bits per heavy atom. The summed E-state index contributed by atoms with van der Waals surface area (Å²) in [7, 11) is -4.25. The average molecular weight is 428 g/mol. The smallest absolute Gasteiger partial charge is 0.311 e. The van der Waals surface area contributed by atoms with Gasteiger partial charge in [-0.05, 0) is 61.2 Å². The molecule has 1 unspecified atom stereocenters. The van der Waals surface area contributed by atoms with Crippen molar-refractivity contribution in [2.45, 2.75) is 36.8 Å². The van der Waals surface area contributed by atoms with Crippen LogP contribution in [0.5, 0.6) is 0 Å². The summed E-state index contributed by atoms with van der Waals surface area (Å²) in [5.41, 5.74) is 0.0636. The first-order chi connectivity index (χ1) is 13.5. The standard InChI is InChI=1S/C19H16F4N2O3S/c1-10-14-9-13(7-11-3-2-6-25(17(11)14)18(10)26)29(27,28)24-12-4-5-16(20)15(8-12)19(21,22)23/h4-5,7-10,24H,2-3,6H2,1H3. The third-order valence-corrected chi connectivity index (χ3v) is 6.59. The van der Waals surface area contributed by atoms with E-state index in [-0.39, 0.29) is 10.8 Å². The Labute approximate surface area is 164 Å². The van der Waals surface area contributed by atoms with Crippen molar-refractivity contribution in [1.29, 1.82) is 0 Å². The molecule has 10 heteroatoms. The largest absolute Gasteiger partial charge is 0.419 e. The van der Waals surface area contributed by atoms with E-state index in [9.17, 15) is 30.8 Å². The first kappa shape index (κ1) is 19.7. The molecule has 2 heterocycles. The lowest BCUT2D eigenvalue weighted by Crippen LogP contribution is -2.32. The molecule has 0 fully saturated rings. The van der Waals surface area contributed by atoms with E-state index in [0.29, 0.717) is 42.6 Å². The SMILES string of the molecule is CC1C(=O)N2CCCc3cc(S(=O)(=O)Nc4ccc(F)c(C(F)(F)F)c4)cc1c32. The zero-order valence-electron chi connectivity index (χ0n) is 15.2. The average Bonchev–Trinajstić information content (AvgIpc) is 2.89. The van der Waals surface area contributed by atoms with Crippen molar-refractivity contribution in [3.8, 4) is 0 Å². The van der Waals surface area contributed by atoms with Gasteiger partial charge in [0.25, 0.3) is 10.0 Å². The predicted octanol–water partition coefficient (Wildman–Crippen LogP) is 4.04. The molecule has 1 N–H and O–H groups in total. The van der Waals surface area contributed by atoms with Gasteiger partial charge in [0, 0.05) is 12.2 Å². The molecule has 5 nitrogen and oxygen atoms in total. The second-order valence-corrected chi connectivity index (χ2v) is 8.82. The van der Waals surface area contributed by atoms with Crippen LogP contribution in [0.3, 0.4) is 0 Å². The summed E-state index contributed by atoms with van der Waals surface area (Å²) in [5, 5.41) is 0. The van der Waals surface area contributed by atoms with Gasteiger partial charge in [-0.3, -0.25) is 9.52 Å².